The molecule has 0 aliphatic heterocycles. The molecule has 0 aliphatic rings. The summed E-state index contributed by atoms with van der Waals surface area (Å²) in [6.07, 6.45) is 0.463. The van der Waals surface area contributed by atoms with Crippen LogP contribution in [0.1, 0.15) is 5.56 Å². The Morgan fingerprint density at radius 1 is 1.18 bits per heavy atom. The molecule has 1 atom stereocenters. The quantitative estimate of drug-likeness (QED) is 0.521. The van der Waals surface area contributed by atoms with Gasteiger partial charge in [0.15, 0.2) is 0 Å². The highest BCUT2D eigenvalue weighted by Crippen LogP contribution is 2.05. The average molecular weight is 240 g/mol. The lowest BCUT2D eigenvalue weighted by atomic mass is 10.1. The molecule has 0 aliphatic carbocycles. The molecule has 1 N–H and O–H groups in total. The Balaban J connectivity index is 2.20. The molecule has 0 aromatic heterocycles. The molecule has 4 nitrogen and oxygen atoms in total. The molecule has 0 saturated carbocycles. The number of methoxy groups -OCH3 is 1. The molecule has 0 spiro atoms. The topological polar surface area (TPSA) is 47.9 Å². The van der Waals surface area contributed by atoms with Crippen molar-refractivity contribution < 1.29 is 19.3 Å². The zero-order valence-corrected chi connectivity index (χ0v) is 10.2. The normalized spacial score (nSPS) is 12.6. The zero-order chi connectivity index (χ0) is 12.3. The maximum atomic E-state index is 9.18. The second-order valence-electron chi connectivity index (χ2n) is 3.68. The third kappa shape index (κ3) is 6.38. The van der Waals surface area contributed by atoms with E-state index in [1.54, 1.807) is 7.11 Å². The molecule has 1 rings (SSSR count). The van der Waals surface area contributed by atoms with Gasteiger partial charge in [-0.1, -0.05) is 30.3 Å². The zero-order valence-electron chi connectivity index (χ0n) is 10.2. The summed E-state index contributed by atoms with van der Waals surface area (Å²) in [4.78, 5) is 0. The summed E-state index contributed by atoms with van der Waals surface area (Å²) in [6.45, 7) is 1.22. The van der Waals surface area contributed by atoms with Crippen LogP contribution in [-0.2, 0) is 20.6 Å². The van der Waals surface area contributed by atoms with Crippen molar-refractivity contribution in [1.82, 2.24) is 0 Å². The standard InChI is InChI=1S/C13H20O4/c1-15-7-8-16-11-17-13(10-14)9-12-5-3-2-4-6-12/h2-6,13-14H,7-11H2,1H3. The first-order valence-electron chi connectivity index (χ1n) is 5.70. The highest BCUT2D eigenvalue weighted by Gasteiger charge is 2.08. The lowest BCUT2D eigenvalue weighted by Crippen LogP contribution is -2.22. The summed E-state index contributed by atoms with van der Waals surface area (Å²) >= 11 is 0. The second kappa shape index (κ2) is 9.13. The minimum Gasteiger partial charge on any atom is -0.394 e. The molecular weight excluding hydrogens is 220 g/mol. The van der Waals surface area contributed by atoms with E-state index in [1.165, 1.54) is 0 Å². The minimum atomic E-state index is -0.222. The van der Waals surface area contributed by atoms with Crippen molar-refractivity contribution in [2.24, 2.45) is 0 Å². The van der Waals surface area contributed by atoms with E-state index >= 15 is 0 Å². The van der Waals surface area contributed by atoms with Crippen LogP contribution in [0.4, 0.5) is 0 Å². The predicted octanol–water partition coefficient (Wildman–Crippen LogP) is 1.23. The first-order chi connectivity index (χ1) is 8.36. The summed E-state index contributed by atoms with van der Waals surface area (Å²) in [5.74, 6) is 0. The summed E-state index contributed by atoms with van der Waals surface area (Å²) in [5, 5.41) is 9.18. The van der Waals surface area contributed by atoms with Crippen molar-refractivity contribution >= 4 is 0 Å². The monoisotopic (exact) mass is 240 g/mol. The van der Waals surface area contributed by atoms with Gasteiger partial charge in [-0.15, -0.1) is 0 Å². The Morgan fingerprint density at radius 2 is 1.94 bits per heavy atom. The first-order valence-corrected chi connectivity index (χ1v) is 5.70. The number of hydrogen-bond donors (Lipinski definition) is 1. The van der Waals surface area contributed by atoms with Crippen LogP contribution < -0.4 is 0 Å². The van der Waals surface area contributed by atoms with Crippen molar-refractivity contribution in [1.29, 1.82) is 0 Å². The fraction of sp³-hybridized carbons (Fsp3) is 0.538. The fourth-order valence-corrected chi connectivity index (χ4v) is 1.40. The molecular formula is C13H20O4. The van der Waals surface area contributed by atoms with Gasteiger partial charge in [0.25, 0.3) is 0 Å². The third-order valence-corrected chi connectivity index (χ3v) is 2.33. The van der Waals surface area contributed by atoms with Gasteiger partial charge >= 0.3 is 0 Å². The van der Waals surface area contributed by atoms with Gasteiger partial charge in [0, 0.05) is 13.5 Å². The van der Waals surface area contributed by atoms with E-state index in [4.69, 9.17) is 14.2 Å². The smallest absolute Gasteiger partial charge is 0.147 e. The second-order valence-corrected chi connectivity index (χ2v) is 3.68. The summed E-state index contributed by atoms with van der Waals surface area (Å²) in [6, 6.07) is 9.93. The van der Waals surface area contributed by atoms with E-state index in [2.05, 4.69) is 0 Å². The maximum absolute atomic E-state index is 9.18. The molecule has 4 heteroatoms. The third-order valence-electron chi connectivity index (χ3n) is 2.33. The fourth-order valence-electron chi connectivity index (χ4n) is 1.40. The molecule has 1 aromatic carbocycles. The molecule has 0 amide bonds. The highest BCUT2D eigenvalue weighted by molar-refractivity contribution is 5.15. The Hall–Kier alpha value is -0.940. The van der Waals surface area contributed by atoms with Gasteiger partial charge in [-0.2, -0.15) is 0 Å². The van der Waals surface area contributed by atoms with E-state index in [1.807, 2.05) is 30.3 Å². The highest BCUT2D eigenvalue weighted by atomic mass is 16.7. The Morgan fingerprint density at radius 3 is 2.59 bits per heavy atom. The lowest BCUT2D eigenvalue weighted by molar-refractivity contribution is -0.108. The average Bonchev–Trinajstić information content (AvgIpc) is 2.38. The molecule has 0 heterocycles. The number of aliphatic hydroxyl groups is 1. The van der Waals surface area contributed by atoms with E-state index in [-0.39, 0.29) is 19.5 Å². The predicted molar refractivity (Wildman–Crippen MR) is 64.8 cm³/mol. The van der Waals surface area contributed by atoms with Crippen molar-refractivity contribution in [2.45, 2.75) is 12.5 Å². The van der Waals surface area contributed by atoms with Crippen LogP contribution in [0.15, 0.2) is 30.3 Å². The van der Waals surface area contributed by atoms with Crippen LogP contribution in [-0.4, -0.2) is 44.9 Å². The number of benzene rings is 1. The first kappa shape index (κ1) is 14.1. The summed E-state index contributed by atoms with van der Waals surface area (Å²) < 4.78 is 15.4. The van der Waals surface area contributed by atoms with E-state index in [0.717, 1.165) is 5.56 Å². The molecule has 17 heavy (non-hydrogen) atoms. The molecule has 0 fully saturated rings. The largest absolute Gasteiger partial charge is 0.394 e. The van der Waals surface area contributed by atoms with Gasteiger partial charge in [0.05, 0.1) is 25.9 Å². The number of ether oxygens (including phenoxy) is 3. The van der Waals surface area contributed by atoms with Crippen LogP contribution in [0.2, 0.25) is 0 Å². The van der Waals surface area contributed by atoms with Gasteiger partial charge in [-0.05, 0) is 5.56 Å². The van der Waals surface area contributed by atoms with Gasteiger partial charge < -0.3 is 19.3 Å². The number of rotatable bonds is 9. The van der Waals surface area contributed by atoms with Crippen LogP contribution in [0, 0.1) is 0 Å². The molecule has 0 saturated heterocycles. The van der Waals surface area contributed by atoms with E-state index < -0.39 is 0 Å². The number of aliphatic hydroxyl groups excluding tert-OH is 1. The van der Waals surface area contributed by atoms with E-state index in [9.17, 15) is 5.11 Å². The van der Waals surface area contributed by atoms with Gasteiger partial charge in [0.2, 0.25) is 0 Å². The Bertz CT molecular complexity index is 276. The van der Waals surface area contributed by atoms with Crippen molar-refractivity contribution in [2.75, 3.05) is 33.7 Å². The Labute approximate surface area is 102 Å². The summed E-state index contributed by atoms with van der Waals surface area (Å²) in [5.41, 5.74) is 1.14. The molecule has 0 bridgehead atoms. The SMILES string of the molecule is COCCOCOC(CO)Cc1ccccc1. The van der Waals surface area contributed by atoms with Crippen LogP contribution >= 0.6 is 0 Å². The minimum absolute atomic E-state index is 0.0114. The van der Waals surface area contributed by atoms with Crippen molar-refractivity contribution in [3.63, 3.8) is 0 Å². The van der Waals surface area contributed by atoms with E-state index in [0.29, 0.717) is 19.6 Å². The molecule has 1 aromatic rings. The molecule has 96 valence electrons. The van der Waals surface area contributed by atoms with Crippen molar-refractivity contribution in [3.05, 3.63) is 35.9 Å². The van der Waals surface area contributed by atoms with Crippen molar-refractivity contribution in [3.8, 4) is 0 Å². The molecule has 0 radical (unpaired) electrons. The van der Waals surface area contributed by atoms with Gasteiger partial charge in [-0.3, -0.25) is 0 Å². The maximum Gasteiger partial charge on any atom is 0.147 e. The Kier molecular flexibility index (Phi) is 7.58. The summed E-state index contributed by atoms with van der Waals surface area (Å²) in [7, 11) is 1.62. The van der Waals surface area contributed by atoms with Crippen LogP contribution in [0.3, 0.4) is 0 Å². The molecule has 1 unspecified atom stereocenters. The van der Waals surface area contributed by atoms with Crippen LogP contribution in [0.25, 0.3) is 0 Å². The van der Waals surface area contributed by atoms with Gasteiger partial charge in [0.1, 0.15) is 6.79 Å². The van der Waals surface area contributed by atoms with Gasteiger partial charge in [-0.25, -0.2) is 0 Å². The number of hydrogen-bond acceptors (Lipinski definition) is 4. The van der Waals surface area contributed by atoms with Crippen LogP contribution in [0.5, 0.6) is 0 Å². The lowest BCUT2D eigenvalue weighted by Gasteiger charge is -2.15.